The molecule has 2 heterocycles. The number of hydrogen-bond donors (Lipinski definition) is 1. The molecule has 1 amide bonds. The predicted octanol–water partition coefficient (Wildman–Crippen LogP) is 3.48. The summed E-state index contributed by atoms with van der Waals surface area (Å²) in [6.07, 6.45) is 2.00. The minimum atomic E-state index is -0.115. The summed E-state index contributed by atoms with van der Waals surface area (Å²) < 4.78 is 1.90. The van der Waals surface area contributed by atoms with E-state index in [1.807, 2.05) is 24.6 Å². The first-order valence-electron chi connectivity index (χ1n) is 8.87. The lowest BCUT2D eigenvalue weighted by Gasteiger charge is -2.24. The van der Waals surface area contributed by atoms with Crippen molar-refractivity contribution in [1.82, 2.24) is 25.2 Å². The Morgan fingerprint density at radius 3 is 2.69 bits per heavy atom. The fourth-order valence-electron chi connectivity index (χ4n) is 3.27. The van der Waals surface area contributed by atoms with Crippen molar-refractivity contribution in [1.29, 1.82) is 0 Å². The van der Waals surface area contributed by atoms with Gasteiger partial charge < -0.3 is 10.2 Å². The maximum absolute atomic E-state index is 13.0. The summed E-state index contributed by atoms with van der Waals surface area (Å²) in [6, 6.07) is 5.72. The molecular weight excluding hydrogens is 373 g/mol. The van der Waals surface area contributed by atoms with E-state index in [9.17, 15) is 4.79 Å². The third-order valence-electron chi connectivity index (χ3n) is 4.81. The number of rotatable bonds is 5. The third kappa shape index (κ3) is 4.03. The molecule has 140 valence electrons. The minimum absolute atomic E-state index is 0.115. The van der Waals surface area contributed by atoms with Crippen LogP contribution in [0.15, 0.2) is 18.2 Å². The number of nitrogens with zero attached hydrogens (tertiary/aromatic N) is 4. The highest BCUT2D eigenvalue weighted by atomic mass is 35.5. The van der Waals surface area contributed by atoms with Gasteiger partial charge in [-0.1, -0.05) is 34.5 Å². The van der Waals surface area contributed by atoms with Crippen molar-refractivity contribution < 1.29 is 4.79 Å². The Balaban J connectivity index is 1.78. The number of benzene rings is 1. The molecule has 0 aliphatic carbocycles. The molecular formula is C18H23Cl2N5O. The summed E-state index contributed by atoms with van der Waals surface area (Å²) in [5, 5.41) is 12.8. The maximum atomic E-state index is 13.0. The second-order valence-corrected chi connectivity index (χ2v) is 7.33. The Hall–Kier alpha value is -1.63. The van der Waals surface area contributed by atoms with Gasteiger partial charge in [-0.05, 0) is 57.5 Å². The summed E-state index contributed by atoms with van der Waals surface area (Å²) in [5.74, 6) is -0.115. The lowest BCUT2D eigenvalue weighted by molar-refractivity contribution is 0.0745. The van der Waals surface area contributed by atoms with Gasteiger partial charge in [0.15, 0.2) is 5.69 Å². The molecule has 1 saturated heterocycles. The molecule has 1 N–H and O–H groups in total. The second-order valence-electron chi connectivity index (χ2n) is 6.52. The molecule has 1 aromatic carbocycles. The monoisotopic (exact) mass is 395 g/mol. The van der Waals surface area contributed by atoms with E-state index in [0.29, 0.717) is 34.9 Å². The molecule has 0 spiro atoms. The molecule has 0 bridgehead atoms. The zero-order chi connectivity index (χ0) is 18.7. The normalized spacial score (nSPS) is 15.2. The van der Waals surface area contributed by atoms with Gasteiger partial charge in [0.25, 0.3) is 5.91 Å². The van der Waals surface area contributed by atoms with E-state index >= 15 is 0 Å². The Bertz CT molecular complexity index is 786. The lowest BCUT2D eigenvalue weighted by atomic mass is 10.1. The fraction of sp³-hybridized carbons (Fsp3) is 0.500. The number of hydrogen-bond acceptors (Lipinski definition) is 4. The summed E-state index contributed by atoms with van der Waals surface area (Å²) in [5.41, 5.74) is 2.18. The van der Waals surface area contributed by atoms with E-state index in [0.717, 1.165) is 37.2 Å². The molecule has 0 saturated carbocycles. The van der Waals surface area contributed by atoms with E-state index in [1.165, 1.54) is 0 Å². The number of piperidine rings is 1. The first-order chi connectivity index (χ1) is 12.5. The van der Waals surface area contributed by atoms with Crippen molar-refractivity contribution in [2.45, 2.75) is 39.3 Å². The van der Waals surface area contributed by atoms with Crippen LogP contribution in [-0.4, -0.2) is 45.4 Å². The van der Waals surface area contributed by atoms with Crippen molar-refractivity contribution >= 4 is 29.1 Å². The van der Waals surface area contributed by atoms with Crippen LogP contribution in [0.5, 0.6) is 0 Å². The molecule has 1 aliphatic heterocycles. The highest BCUT2D eigenvalue weighted by Gasteiger charge is 2.25. The SMILES string of the molecule is CCN(Cc1ccc(Cl)c(Cl)c1)C(=O)c1nnn(C2CCNCC2)c1C. The smallest absolute Gasteiger partial charge is 0.276 e. The molecule has 0 atom stereocenters. The summed E-state index contributed by atoms with van der Waals surface area (Å²) >= 11 is 12.1. The topological polar surface area (TPSA) is 63.1 Å². The van der Waals surface area contributed by atoms with Gasteiger partial charge in [-0.2, -0.15) is 0 Å². The first kappa shape index (κ1) is 19.1. The van der Waals surface area contributed by atoms with Crippen LogP contribution in [0.1, 0.15) is 47.6 Å². The van der Waals surface area contributed by atoms with Gasteiger partial charge in [0.2, 0.25) is 0 Å². The highest BCUT2D eigenvalue weighted by molar-refractivity contribution is 6.42. The zero-order valence-corrected chi connectivity index (χ0v) is 16.5. The number of halogens is 2. The molecule has 8 heteroatoms. The number of carbonyl (C=O) groups is 1. The molecule has 26 heavy (non-hydrogen) atoms. The van der Waals surface area contributed by atoms with E-state index in [-0.39, 0.29) is 5.91 Å². The van der Waals surface area contributed by atoms with E-state index in [1.54, 1.807) is 17.0 Å². The summed E-state index contributed by atoms with van der Waals surface area (Å²) in [7, 11) is 0. The molecule has 1 aromatic heterocycles. The number of carbonyl (C=O) groups excluding carboxylic acids is 1. The maximum Gasteiger partial charge on any atom is 0.276 e. The van der Waals surface area contributed by atoms with Crippen LogP contribution in [0.25, 0.3) is 0 Å². The van der Waals surface area contributed by atoms with Crippen molar-refractivity contribution in [3.05, 3.63) is 45.2 Å². The summed E-state index contributed by atoms with van der Waals surface area (Å²) in [6.45, 7) is 6.81. The van der Waals surface area contributed by atoms with Gasteiger partial charge in [0, 0.05) is 13.1 Å². The molecule has 2 aromatic rings. The molecule has 1 fully saturated rings. The van der Waals surface area contributed by atoms with Crippen LogP contribution in [0.2, 0.25) is 10.0 Å². The Morgan fingerprint density at radius 1 is 1.31 bits per heavy atom. The molecule has 1 aliphatic rings. The molecule has 0 radical (unpaired) electrons. The molecule has 6 nitrogen and oxygen atoms in total. The zero-order valence-electron chi connectivity index (χ0n) is 15.0. The van der Waals surface area contributed by atoms with Crippen LogP contribution in [0.4, 0.5) is 0 Å². The number of aromatic nitrogens is 3. The lowest BCUT2D eigenvalue weighted by Crippen LogP contribution is -2.32. The van der Waals surface area contributed by atoms with Gasteiger partial charge in [-0.15, -0.1) is 5.10 Å². The van der Waals surface area contributed by atoms with E-state index < -0.39 is 0 Å². The van der Waals surface area contributed by atoms with Crippen molar-refractivity contribution in [3.63, 3.8) is 0 Å². The predicted molar refractivity (Wildman–Crippen MR) is 103 cm³/mol. The quantitative estimate of drug-likeness (QED) is 0.841. The average Bonchev–Trinajstić information content (AvgIpc) is 3.04. The number of amides is 1. The van der Waals surface area contributed by atoms with Crippen LogP contribution < -0.4 is 5.32 Å². The molecule has 3 rings (SSSR count). The van der Waals surface area contributed by atoms with E-state index in [2.05, 4.69) is 15.6 Å². The van der Waals surface area contributed by atoms with Crippen LogP contribution in [0.3, 0.4) is 0 Å². The van der Waals surface area contributed by atoms with Gasteiger partial charge >= 0.3 is 0 Å². The second kappa shape index (κ2) is 8.37. The third-order valence-corrected chi connectivity index (χ3v) is 5.55. The van der Waals surface area contributed by atoms with Crippen LogP contribution in [-0.2, 0) is 6.54 Å². The van der Waals surface area contributed by atoms with Crippen molar-refractivity contribution in [3.8, 4) is 0 Å². The van der Waals surface area contributed by atoms with Gasteiger partial charge in [0.05, 0.1) is 21.8 Å². The van der Waals surface area contributed by atoms with E-state index in [4.69, 9.17) is 23.2 Å². The van der Waals surface area contributed by atoms with Crippen LogP contribution >= 0.6 is 23.2 Å². The van der Waals surface area contributed by atoms with Gasteiger partial charge in [-0.3, -0.25) is 4.79 Å². The highest BCUT2D eigenvalue weighted by Crippen LogP contribution is 2.24. The van der Waals surface area contributed by atoms with Crippen molar-refractivity contribution in [2.24, 2.45) is 0 Å². The fourth-order valence-corrected chi connectivity index (χ4v) is 3.59. The van der Waals surface area contributed by atoms with Gasteiger partial charge in [-0.25, -0.2) is 4.68 Å². The largest absolute Gasteiger partial charge is 0.333 e. The number of nitrogens with one attached hydrogen (secondary N) is 1. The minimum Gasteiger partial charge on any atom is -0.333 e. The standard InChI is InChI=1S/C18H23Cl2N5O/c1-3-24(11-13-4-5-15(19)16(20)10-13)18(26)17-12(2)25(23-22-17)14-6-8-21-9-7-14/h4-5,10,14,21H,3,6-9,11H2,1-2H3. The Kier molecular flexibility index (Phi) is 6.16. The van der Waals surface area contributed by atoms with Crippen LogP contribution in [0, 0.1) is 6.92 Å². The Morgan fingerprint density at radius 2 is 2.04 bits per heavy atom. The van der Waals surface area contributed by atoms with Crippen molar-refractivity contribution in [2.75, 3.05) is 19.6 Å². The average molecular weight is 396 g/mol. The summed E-state index contributed by atoms with van der Waals surface area (Å²) in [4.78, 5) is 14.7. The molecule has 0 unspecified atom stereocenters. The first-order valence-corrected chi connectivity index (χ1v) is 9.62. The van der Waals surface area contributed by atoms with Gasteiger partial charge in [0.1, 0.15) is 0 Å². The Labute approximate surface area is 163 Å².